The first-order valence-corrected chi connectivity index (χ1v) is 14.6. The monoisotopic (exact) mass is 552 g/mol. The Morgan fingerprint density at radius 2 is 1.23 bits per heavy atom. The van der Waals surface area contributed by atoms with Crippen LogP contribution in [0.5, 0.6) is 0 Å². The van der Waals surface area contributed by atoms with Crippen molar-refractivity contribution in [2.75, 3.05) is 0 Å². The molecule has 0 amide bonds. The molecule has 204 valence electrons. The lowest BCUT2D eigenvalue weighted by Gasteiger charge is -2.20. The molecule has 0 saturated carbocycles. The molecule has 8 rings (SSSR count). The van der Waals surface area contributed by atoms with Crippen molar-refractivity contribution in [1.29, 1.82) is 0 Å². The van der Waals surface area contributed by atoms with E-state index in [-0.39, 0.29) is 0 Å². The van der Waals surface area contributed by atoms with E-state index in [1.807, 2.05) is 48.8 Å². The van der Waals surface area contributed by atoms with Crippen LogP contribution in [0.15, 0.2) is 146 Å². The summed E-state index contributed by atoms with van der Waals surface area (Å²) in [6.45, 7) is 0. The molecule has 0 aliphatic heterocycles. The Labute approximate surface area is 250 Å². The molecule has 1 atom stereocenters. The van der Waals surface area contributed by atoms with Crippen LogP contribution in [0, 0.1) is 0 Å². The third-order valence-electron chi connectivity index (χ3n) is 8.28. The summed E-state index contributed by atoms with van der Waals surface area (Å²) in [4.78, 5) is 14.3. The summed E-state index contributed by atoms with van der Waals surface area (Å²) in [6, 6.07) is 44.5. The molecular formula is C39H28N4. The first-order valence-electron chi connectivity index (χ1n) is 14.6. The molecule has 1 unspecified atom stereocenters. The minimum atomic E-state index is 0.318. The van der Waals surface area contributed by atoms with Crippen LogP contribution in [0.1, 0.15) is 22.7 Å². The Bertz CT molecular complexity index is 2020. The summed E-state index contributed by atoms with van der Waals surface area (Å²) in [5, 5.41) is 1.28. The van der Waals surface area contributed by atoms with Gasteiger partial charge in [0.1, 0.15) is 0 Å². The number of hydrogen-bond donors (Lipinski definition) is 0. The lowest BCUT2D eigenvalue weighted by molar-refractivity contribution is 0.825. The number of benzene rings is 3. The molecule has 1 aliphatic carbocycles. The maximum Gasteiger partial charge on any atom is 0.0915 e. The van der Waals surface area contributed by atoms with Gasteiger partial charge in [0.25, 0.3) is 0 Å². The topological polar surface area (TPSA) is 43.6 Å². The molecule has 0 N–H and O–H groups in total. The highest BCUT2D eigenvalue weighted by atomic mass is 15.0. The molecule has 0 radical (unpaired) electrons. The standard InChI is InChI=1S/C39H28N4/c1-3-11-27(12-4-1)29-17-19-38-32(23-29)33-24-30(28-13-5-2-6-14-28)18-20-39(33)43(38)31-25-36(34-15-7-9-21-40-34)42-37(26-31)35-16-8-10-22-41-35/h1-23,25-26,30H,24H2. The maximum absolute atomic E-state index is 5.03. The normalized spacial score (nSPS) is 14.1. The Balaban J connectivity index is 1.37. The summed E-state index contributed by atoms with van der Waals surface area (Å²) in [7, 11) is 0. The van der Waals surface area contributed by atoms with Gasteiger partial charge < -0.3 is 4.57 Å². The van der Waals surface area contributed by atoms with Gasteiger partial charge in [-0.05, 0) is 83.3 Å². The molecule has 0 fully saturated rings. The molecule has 1 aliphatic rings. The predicted octanol–water partition coefficient (Wildman–Crippen LogP) is 9.17. The molecule has 7 aromatic rings. The van der Waals surface area contributed by atoms with Crippen molar-refractivity contribution in [2.24, 2.45) is 0 Å². The van der Waals surface area contributed by atoms with Crippen LogP contribution < -0.4 is 0 Å². The van der Waals surface area contributed by atoms with E-state index in [0.29, 0.717) is 5.92 Å². The average Bonchev–Trinajstić information content (AvgIpc) is 3.42. The minimum absolute atomic E-state index is 0.318. The zero-order valence-electron chi connectivity index (χ0n) is 23.5. The van der Waals surface area contributed by atoms with Crippen LogP contribution in [-0.2, 0) is 6.42 Å². The average molecular weight is 553 g/mol. The van der Waals surface area contributed by atoms with E-state index < -0.39 is 0 Å². The van der Waals surface area contributed by atoms with E-state index in [2.05, 4.69) is 118 Å². The summed E-state index contributed by atoms with van der Waals surface area (Å²) in [5.41, 5.74) is 11.9. The fourth-order valence-electron chi connectivity index (χ4n) is 6.21. The number of allylic oxidation sites excluding steroid dienone is 1. The quantitative estimate of drug-likeness (QED) is 0.214. The van der Waals surface area contributed by atoms with Gasteiger partial charge in [-0.2, -0.15) is 0 Å². The molecule has 0 saturated heterocycles. The summed E-state index contributed by atoms with van der Waals surface area (Å²) in [5.74, 6) is 0.318. The molecule has 4 heterocycles. The minimum Gasteiger partial charge on any atom is -0.309 e. The predicted molar refractivity (Wildman–Crippen MR) is 175 cm³/mol. The van der Waals surface area contributed by atoms with Crippen molar-refractivity contribution < 1.29 is 0 Å². The van der Waals surface area contributed by atoms with Crippen molar-refractivity contribution >= 4 is 17.0 Å². The number of fused-ring (bicyclic) bond motifs is 3. The molecule has 0 spiro atoms. The fourth-order valence-corrected chi connectivity index (χ4v) is 6.21. The molecular weight excluding hydrogens is 524 g/mol. The Morgan fingerprint density at radius 1 is 0.581 bits per heavy atom. The third-order valence-corrected chi connectivity index (χ3v) is 8.28. The van der Waals surface area contributed by atoms with Gasteiger partial charge in [-0.1, -0.05) is 84.9 Å². The molecule has 3 aromatic carbocycles. The highest BCUT2D eigenvalue weighted by Crippen LogP contribution is 2.40. The van der Waals surface area contributed by atoms with Gasteiger partial charge in [-0.15, -0.1) is 0 Å². The van der Waals surface area contributed by atoms with Crippen molar-refractivity contribution in [2.45, 2.75) is 12.3 Å². The second kappa shape index (κ2) is 10.7. The van der Waals surface area contributed by atoms with E-state index in [4.69, 9.17) is 4.98 Å². The van der Waals surface area contributed by atoms with Crippen LogP contribution >= 0.6 is 0 Å². The zero-order valence-corrected chi connectivity index (χ0v) is 23.5. The molecule has 4 nitrogen and oxygen atoms in total. The van der Waals surface area contributed by atoms with Crippen molar-refractivity contribution in [3.05, 3.63) is 163 Å². The van der Waals surface area contributed by atoms with E-state index >= 15 is 0 Å². The van der Waals surface area contributed by atoms with Crippen LogP contribution in [-0.4, -0.2) is 19.5 Å². The van der Waals surface area contributed by atoms with Crippen LogP contribution in [0.25, 0.3) is 56.6 Å². The first kappa shape index (κ1) is 25.1. The summed E-state index contributed by atoms with van der Waals surface area (Å²) < 4.78 is 2.39. The van der Waals surface area contributed by atoms with Gasteiger partial charge in [-0.25, -0.2) is 4.98 Å². The summed E-state index contributed by atoms with van der Waals surface area (Å²) >= 11 is 0. The molecule has 4 aromatic heterocycles. The van der Waals surface area contributed by atoms with E-state index in [1.165, 1.54) is 38.9 Å². The van der Waals surface area contributed by atoms with E-state index in [0.717, 1.165) is 34.9 Å². The fraction of sp³-hybridized carbons (Fsp3) is 0.0513. The zero-order chi connectivity index (χ0) is 28.6. The van der Waals surface area contributed by atoms with Crippen LogP contribution in [0.4, 0.5) is 0 Å². The van der Waals surface area contributed by atoms with Gasteiger partial charge in [0.15, 0.2) is 0 Å². The number of pyridine rings is 3. The van der Waals surface area contributed by atoms with Crippen molar-refractivity contribution in [3.8, 4) is 39.6 Å². The Morgan fingerprint density at radius 3 is 1.88 bits per heavy atom. The Hall–Kier alpha value is -5.61. The second-order valence-electron chi connectivity index (χ2n) is 10.9. The maximum atomic E-state index is 5.03. The van der Waals surface area contributed by atoms with Gasteiger partial charge in [-0.3, -0.25) is 9.97 Å². The number of rotatable bonds is 5. The van der Waals surface area contributed by atoms with Crippen molar-refractivity contribution in [3.63, 3.8) is 0 Å². The molecule has 0 bridgehead atoms. The first-order chi connectivity index (χ1) is 21.3. The summed E-state index contributed by atoms with van der Waals surface area (Å²) in [6.07, 6.45) is 9.22. The van der Waals surface area contributed by atoms with E-state index in [1.54, 1.807) is 0 Å². The lowest BCUT2D eigenvalue weighted by atomic mass is 9.86. The van der Waals surface area contributed by atoms with Crippen LogP contribution in [0.2, 0.25) is 0 Å². The SMILES string of the molecule is C1=CC(c2ccccc2)Cc2c1n(-c1cc(-c3ccccn3)nc(-c3ccccn3)c1)c1ccc(-c3ccccc3)cc21. The Kier molecular flexibility index (Phi) is 6.23. The lowest BCUT2D eigenvalue weighted by Crippen LogP contribution is -2.07. The number of nitrogens with zero attached hydrogens (tertiary/aromatic N) is 4. The smallest absolute Gasteiger partial charge is 0.0915 e. The van der Waals surface area contributed by atoms with Crippen LogP contribution in [0.3, 0.4) is 0 Å². The van der Waals surface area contributed by atoms with Gasteiger partial charge in [0.05, 0.1) is 34.0 Å². The number of aromatic nitrogens is 4. The molecule has 4 heteroatoms. The largest absolute Gasteiger partial charge is 0.309 e. The molecule has 43 heavy (non-hydrogen) atoms. The van der Waals surface area contributed by atoms with Gasteiger partial charge in [0, 0.05) is 29.4 Å². The highest BCUT2D eigenvalue weighted by Gasteiger charge is 2.25. The second-order valence-corrected chi connectivity index (χ2v) is 10.9. The third kappa shape index (κ3) is 4.63. The van der Waals surface area contributed by atoms with E-state index in [9.17, 15) is 0 Å². The highest BCUT2D eigenvalue weighted by molar-refractivity contribution is 5.94. The van der Waals surface area contributed by atoms with Gasteiger partial charge >= 0.3 is 0 Å². The number of hydrogen-bond acceptors (Lipinski definition) is 3. The van der Waals surface area contributed by atoms with Crippen molar-refractivity contribution in [1.82, 2.24) is 19.5 Å². The van der Waals surface area contributed by atoms with Gasteiger partial charge in [0.2, 0.25) is 0 Å².